The lowest BCUT2D eigenvalue weighted by Crippen LogP contribution is -2.37. The Bertz CT molecular complexity index is 2130. The molecule has 44 heavy (non-hydrogen) atoms. The highest BCUT2D eigenvalue weighted by atomic mass is 31.1. The molecule has 1 aromatic heterocycles. The van der Waals surface area contributed by atoms with E-state index in [0.717, 1.165) is 54.6 Å². The monoisotopic (exact) mass is 595 g/mol. The molecular weight excluding hydrogens is 565 g/mol. The Kier molecular flexibility index (Phi) is 6.52. The summed E-state index contributed by atoms with van der Waals surface area (Å²) in [4.78, 5) is 5.12. The number of benzene rings is 6. The largest absolute Gasteiger partial charge is 0.468 e. The van der Waals surface area contributed by atoms with Gasteiger partial charge in [-0.2, -0.15) is 0 Å². The molecule has 0 bridgehead atoms. The van der Waals surface area contributed by atoms with E-state index in [0.29, 0.717) is 5.90 Å². The first-order valence-electron chi connectivity index (χ1n) is 14.8. The van der Waals surface area contributed by atoms with Crippen LogP contribution in [0.15, 0.2) is 147 Å². The van der Waals surface area contributed by atoms with Crippen molar-refractivity contribution in [3.8, 4) is 0 Å². The maximum absolute atomic E-state index is 6.71. The van der Waals surface area contributed by atoms with E-state index < -0.39 is 13.8 Å². The van der Waals surface area contributed by atoms with Gasteiger partial charge in [-0.25, -0.2) is 4.99 Å². The second-order valence-corrected chi connectivity index (χ2v) is 12.6. The summed E-state index contributed by atoms with van der Waals surface area (Å²) < 4.78 is 26.6. The summed E-state index contributed by atoms with van der Waals surface area (Å²) in [6.45, 7) is 3.92. The first kappa shape index (κ1) is 26.8. The molecule has 1 aliphatic rings. The van der Waals surface area contributed by atoms with Gasteiger partial charge in [-0.15, -0.1) is 0 Å². The van der Waals surface area contributed by atoms with Crippen molar-refractivity contribution >= 4 is 57.6 Å². The smallest absolute Gasteiger partial charge is 0.388 e. The maximum Gasteiger partial charge on any atom is 0.388 e. The lowest BCUT2D eigenvalue weighted by atomic mass is 9.97. The van der Waals surface area contributed by atoms with E-state index in [-0.39, 0.29) is 12.1 Å². The fraction of sp³-hybridized carbons (Fsp3) is 0.132. The standard InChI is InChI=1S/C38H30NO4P/c1-38(2,37-39-35(27-15-5-3-6-16-27)36(40-37)28-17-7-4-8-18-28)43-44-41-31-23-21-25-13-9-11-19-29(25)33(31)34-30-20-12-10-14-26(30)22-24-32(34)42-44/h3-24,35-36H,1-2H3/t35-,36+/m0/s1. The molecule has 6 aromatic carbocycles. The molecule has 0 N–H and O–H groups in total. The van der Waals surface area contributed by atoms with Gasteiger partial charge in [0.15, 0.2) is 11.7 Å². The van der Waals surface area contributed by atoms with Gasteiger partial charge in [-0.1, -0.05) is 121 Å². The Morgan fingerprint density at radius 3 is 1.66 bits per heavy atom. The Morgan fingerprint density at radius 1 is 0.591 bits per heavy atom. The van der Waals surface area contributed by atoms with Gasteiger partial charge >= 0.3 is 8.24 Å². The molecule has 0 unspecified atom stereocenters. The molecule has 8 rings (SSSR count). The van der Waals surface area contributed by atoms with E-state index in [1.54, 1.807) is 0 Å². The number of rotatable bonds is 5. The van der Waals surface area contributed by atoms with Crippen molar-refractivity contribution in [2.24, 2.45) is 4.99 Å². The molecule has 0 aliphatic carbocycles. The van der Waals surface area contributed by atoms with Crippen LogP contribution >= 0.6 is 8.24 Å². The summed E-state index contributed by atoms with van der Waals surface area (Å²) in [5, 5.41) is 6.47. The Hall–Kier alpha value is -4.83. The summed E-state index contributed by atoms with van der Waals surface area (Å²) in [5.41, 5.74) is 2.64. The van der Waals surface area contributed by atoms with Crippen LogP contribution in [0.1, 0.15) is 37.1 Å². The maximum atomic E-state index is 6.71. The number of hydrogen-bond donors (Lipinski definition) is 0. The van der Waals surface area contributed by atoms with Crippen molar-refractivity contribution in [3.05, 3.63) is 145 Å². The van der Waals surface area contributed by atoms with E-state index in [2.05, 4.69) is 84.9 Å². The molecule has 7 aromatic rings. The molecule has 2 atom stereocenters. The van der Waals surface area contributed by atoms with Crippen LogP contribution in [-0.4, -0.2) is 11.5 Å². The number of hydrogen-bond acceptors (Lipinski definition) is 5. The predicted molar refractivity (Wildman–Crippen MR) is 179 cm³/mol. The minimum atomic E-state index is -1.88. The fourth-order valence-corrected chi connectivity index (χ4v) is 7.30. The van der Waals surface area contributed by atoms with E-state index in [9.17, 15) is 0 Å². The average molecular weight is 596 g/mol. The number of nitrogens with zero attached hydrogens (tertiary/aromatic N) is 1. The van der Waals surface area contributed by atoms with Crippen molar-refractivity contribution < 1.29 is 17.7 Å². The summed E-state index contributed by atoms with van der Waals surface area (Å²) >= 11 is 0. The van der Waals surface area contributed by atoms with Crippen molar-refractivity contribution in [1.29, 1.82) is 0 Å². The van der Waals surface area contributed by atoms with E-state index >= 15 is 0 Å². The zero-order chi connectivity index (χ0) is 29.7. The summed E-state index contributed by atoms with van der Waals surface area (Å²) in [7, 11) is -1.88. The van der Waals surface area contributed by atoms with Crippen molar-refractivity contribution in [3.63, 3.8) is 0 Å². The normalized spacial score (nSPS) is 16.8. The summed E-state index contributed by atoms with van der Waals surface area (Å²) in [6, 6.07) is 45.2. The molecule has 216 valence electrons. The molecule has 0 saturated heterocycles. The third kappa shape index (κ3) is 4.66. The highest BCUT2D eigenvalue weighted by Crippen LogP contribution is 2.45. The first-order chi connectivity index (χ1) is 21.5. The van der Waals surface area contributed by atoms with Gasteiger partial charge in [0.1, 0.15) is 17.2 Å². The van der Waals surface area contributed by atoms with E-state index in [1.165, 1.54) is 0 Å². The zero-order valence-electron chi connectivity index (χ0n) is 24.4. The molecular formula is C38H30NO4P. The molecule has 6 heteroatoms. The van der Waals surface area contributed by atoms with Crippen LogP contribution in [0.25, 0.3) is 43.5 Å². The van der Waals surface area contributed by atoms with Crippen LogP contribution in [0.2, 0.25) is 0 Å². The molecule has 0 radical (unpaired) electrons. The van der Waals surface area contributed by atoms with Gasteiger partial charge in [0, 0.05) is 10.8 Å². The van der Waals surface area contributed by atoms with Gasteiger partial charge < -0.3 is 13.1 Å². The van der Waals surface area contributed by atoms with Crippen LogP contribution in [0.3, 0.4) is 0 Å². The van der Waals surface area contributed by atoms with Crippen molar-refractivity contribution in [2.75, 3.05) is 0 Å². The van der Waals surface area contributed by atoms with Crippen molar-refractivity contribution in [2.45, 2.75) is 31.6 Å². The van der Waals surface area contributed by atoms with E-state index in [4.69, 9.17) is 22.6 Å². The minimum Gasteiger partial charge on any atom is -0.468 e. The zero-order valence-corrected chi connectivity index (χ0v) is 25.3. The SMILES string of the molecule is CC(C)(Op1oc2ccc3ccccc3c2c2c(ccc3ccccc32)o1)C1=N[C@@H](c2ccccc2)[C@@H](c2ccccc2)O1. The van der Waals surface area contributed by atoms with Gasteiger partial charge in [0.2, 0.25) is 5.90 Å². The quantitative estimate of drug-likeness (QED) is 0.199. The lowest BCUT2D eigenvalue weighted by Gasteiger charge is -2.24. The molecule has 0 spiro atoms. The summed E-state index contributed by atoms with van der Waals surface area (Å²) in [5.74, 6) is 0.511. The topological polar surface area (TPSA) is 57.1 Å². The molecule has 1 aliphatic heterocycles. The predicted octanol–water partition coefficient (Wildman–Crippen LogP) is 10.7. The van der Waals surface area contributed by atoms with Crippen LogP contribution < -0.4 is 4.52 Å². The molecule has 5 nitrogen and oxygen atoms in total. The highest BCUT2D eigenvalue weighted by molar-refractivity contribution is 7.32. The number of fused-ring (bicyclic) bond motifs is 7. The Balaban J connectivity index is 1.28. The van der Waals surface area contributed by atoms with Crippen LogP contribution in [0.5, 0.6) is 0 Å². The van der Waals surface area contributed by atoms with Gasteiger partial charge in [-0.05, 0) is 58.7 Å². The average Bonchev–Trinajstić information content (AvgIpc) is 3.46. The fourth-order valence-electron chi connectivity index (χ4n) is 6.11. The Labute approximate surface area is 256 Å². The lowest BCUT2D eigenvalue weighted by molar-refractivity contribution is 0.141. The van der Waals surface area contributed by atoms with Gasteiger partial charge in [-0.3, -0.25) is 4.52 Å². The second kappa shape index (κ2) is 10.7. The van der Waals surface area contributed by atoms with E-state index in [1.807, 2.05) is 62.4 Å². The van der Waals surface area contributed by atoms with Gasteiger partial charge in [0.25, 0.3) is 0 Å². The van der Waals surface area contributed by atoms with Crippen LogP contribution in [0.4, 0.5) is 0 Å². The minimum absolute atomic E-state index is 0.209. The number of aliphatic imine (C=N–C) groups is 1. The van der Waals surface area contributed by atoms with Gasteiger partial charge in [0.05, 0.1) is 0 Å². The van der Waals surface area contributed by atoms with Crippen molar-refractivity contribution in [1.82, 2.24) is 0 Å². The third-order valence-electron chi connectivity index (χ3n) is 8.25. The van der Waals surface area contributed by atoms with Crippen LogP contribution in [-0.2, 0) is 4.74 Å². The molecule has 0 amide bonds. The molecule has 0 saturated carbocycles. The first-order valence-corrected chi connectivity index (χ1v) is 15.9. The molecule has 0 fully saturated rings. The summed E-state index contributed by atoms with van der Waals surface area (Å²) in [6.07, 6.45) is -0.278. The van der Waals surface area contributed by atoms with Crippen LogP contribution in [0, 0.1) is 0 Å². The number of ether oxygens (including phenoxy) is 1. The third-order valence-corrected chi connectivity index (χ3v) is 9.54. The highest BCUT2D eigenvalue weighted by Gasteiger charge is 2.42. The molecule has 2 heterocycles. The second-order valence-electron chi connectivity index (χ2n) is 11.6. The Morgan fingerprint density at radius 2 is 1.09 bits per heavy atom.